The first kappa shape index (κ1) is 29.9. The van der Waals surface area contributed by atoms with Gasteiger partial charge >= 0.3 is 0 Å². The van der Waals surface area contributed by atoms with Crippen molar-refractivity contribution in [2.45, 2.75) is 0 Å². The lowest BCUT2D eigenvalue weighted by atomic mass is 10.1. The highest BCUT2D eigenvalue weighted by Gasteiger charge is 2.15. The van der Waals surface area contributed by atoms with Crippen molar-refractivity contribution in [1.29, 1.82) is 0 Å². The van der Waals surface area contributed by atoms with Crippen LogP contribution in [0, 0.1) is 0 Å². The molecule has 0 spiro atoms. The summed E-state index contributed by atoms with van der Waals surface area (Å²) in [4.78, 5) is 50.8. The van der Waals surface area contributed by atoms with Crippen molar-refractivity contribution < 1.29 is 24.3 Å². The van der Waals surface area contributed by atoms with Crippen LogP contribution >= 0.6 is 0 Å². The van der Waals surface area contributed by atoms with Crippen LogP contribution in [-0.4, -0.2) is 28.7 Å². The topological polar surface area (TPSA) is 189 Å². The number of anilines is 6. The Hall–Kier alpha value is -6.62. The second-order valence-electron chi connectivity index (χ2n) is 9.99. The summed E-state index contributed by atoms with van der Waals surface area (Å²) in [5, 5.41) is 21.2. The number of carbonyl (C=O) groups excluding carboxylic acids is 4. The molecule has 4 amide bonds. The van der Waals surface area contributed by atoms with Crippen molar-refractivity contribution in [3.05, 3.63) is 138 Å². The Balaban J connectivity index is 1.19. The van der Waals surface area contributed by atoms with E-state index in [1.807, 2.05) is 0 Å². The maximum Gasteiger partial charge on any atom is 0.255 e. The van der Waals surface area contributed by atoms with Crippen LogP contribution in [-0.2, 0) is 0 Å². The van der Waals surface area contributed by atoms with Gasteiger partial charge in [0, 0.05) is 56.4 Å². The fraction of sp³-hybridized carbons (Fsp3) is 0. The van der Waals surface area contributed by atoms with Crippen LogP contribution in [0.2, 0.25) is 0 Å². The van der Waals surface area contributed by atoms with Crippen molar-refractivity contribution in [2.24, 2.45) is 0 Å². The van der Waals surface area contributed by atoms with Crippen LogP contribution in [0.15, 0.2) is 115 Å². The molecule has 5 aromatic carbocycles. The third-order valence-corrected chi connectivity index (χ3v) is 6.54. The maximum atomic E-state index is 12.9. The average Bonchev–Trinajstić information content (AvgIpc) is 3.02. The molecule has 45 heavy (non-hydrogen) atoms. The molecule has 5 rings (SSSR count). The Bertz CT molecular complexity index is 1770. The molecule has 11 heteroatoms. The maximum absolute atomic E-state index is 12.9. The van der Waals surface area contributed by atoms with E-state index in [0.29, 0.717) is 45.3 Å². The van der Waals surface area contributed by atoms with Crippen LogP contribution < -0.4 is 32.7 Å². The zero-order chi connectivity index (χ0) is 31.9. The highest BCUT2D eigenvalue weighted by atomic mass is 16.3. The fourth-order valence-electron chi connectivity index (χ4n) is 4.32. The van der Waals surface area contributed by atoms with Crippen molar-refractivity contribution in [3.63, 3.8) is 0 Å². The van der Waals surface area contributed by atoms with E-state index in [1.54, 1.807) is 97.1 Å². The Morgan fingerprint density at radius 3 is 1.04 bits per heavy atom. The van der Waals surface area contributed by atoms with Gasteiger partial charge in [-0.15, -0.1) is 0 Å². The molecule has 0 bridgehead atoms. The molecular weight excluding hydrogens is 572 g/mol. The van der Waals surface area contributed by atoms with Crippen LogP contribution in [0.25, 0.3) is 0 Å². The lowest BCUT2D eigenvalue weighted by Gasteiger charge is -2.11. The van der Waals surface area contributed by atoms with E-state index in [-0.39, 0.29) is 28.7 Å². The molecule has 9 N–H and O–H groups in total. The lowest BCUT2D eigenvalue weighted by molar-refractivity contribution is 0.101. The number of amides is 4. The largest absolute Gasteiger partial charge is 0.508 e. The summed E-state index contributed by atoms with van der Waals surface area (Å²) in [5.74, 6) is -2.05. The molecule has 0 unspecified atom stereocenters. The van der Waals surface area contributed by atoms with Crippen LogP contribution in [0.4, 0.5) is 34.1 Å². The Morgan fingerprint density at radius 2 is 0.733 bits per heavy atom. The number of nitrogens with two attached hydrogens (primary N) is 2. The molecule has 11 nitrogen and oxygen atoms in total. The number of carbonyl (C=O) groups is 4. The number of phenolic OH excluding ortho intramolecular Hbond substituents is 1. The predicted molar refractivity (Wildman–Crippen MR) is 175 cm³/mol. The molecule has 224 valence electrons. The first-order valence-electron chi connectivity index (χ1n) is 13.6. The van der Waals surface area contributed by atoms with Gasteiger partial charge < -0.3 is 37.8 Å². The molecular formula is C34H28N6O5. The zero-order valence-electron chi connectivity index (χ0n) is 23.7. The quantitative estimate of drug-likeness (QED) is 0.113. The summed E-state index contributed by atoms with van der Waals surface area (Å²) in [6, 6.07) is 29.9. The van der Waals surface area contributed by atoms with Crippen LogP contribution in [0.1, 0.15) is 41.4 Å². The highest BCUT2D eigenvalue weighted by molar-refractivity contribution is 6.10. The number of hydrogen-bond acceptors (Lipinski definition) is 7. The van der Waals surface area contributed by atoms with Gasteiger partial charge in [-0.1, -0.05) is 12.1 Å². The monoisotopic (exact) mass is 600 g/mol. The van der Waals surface area contributed by atoms with E-state index >= 15 is 0 Å². The van der Waals surface area contributed by atoms with Gasteiger partial charge in [-0.3, -0.25) is 19.2 Å². The molecule has 0 fully saturated rings. The summed E-state index contributed by atoms with van der Waals surface area (Å²) in [6.07, 6.45) is 0. The van der Waals surface area contributed by atoms with Gasteiger partial charge in [0.2, 0.25) is 0 Å². The SMILES string of the molecule is Nc1cccc(C(=O)Nc2ccc(NC(=O)c3cc(O)cc(C(=O)Nc4ccc(NC(=O)c5cccc(N)c5)cc4)c3)cc2)c1. The molecule has 0 saturated heterocycles. The minimum absolute atomic E-state index is 0.0544. The lowest BCUT2D eigenvalue weighted by Crippen LogP contribution is -2.16. The van der Waals surface area contributed by atoms with Gasteiger partial charge in [0.25, 0.3) is 23.6 Å². The van der Waals surface area contributed by atoms with E-state index in [4.69, 9.17) is 11.5 Å². The summed E-state index contributed by atoms with van der Waals surface area (Å²) >= 11 is 0. The standard InChI is InChI=1S/C34H28N6O5/c35-24-5-1-3-20(16-24)31(42)37-26-7-11-28(12-8-26)39-33(44)22-15-23(19-30(41)18-22)34(45)40-29-13-9-27(10-14-29)38-32(43)21-4-2-6-25(36)17-21/h1-19,41H,35-36H2,(H,37,42)(H,38,43)(H,39,44)(H,40,45). The van der Waals surface area contributed by atoms with Gasteiger partial charge in [0.05, 0.1) is 0 Å². The minimum Gasteiger partial charge on any atom is -0.508 e. The number of phenols is 1. The highest BCUT2D eigenvalue weighted by Crippen LogP contribution is 2.22. The van der Waals surface area contributed by atoms with E-state index in [9.17, 15) is 24.3 Å². The average molecular weight is 601 g/mol. The van der Waals surface area contributed by atoms with Crippen molar-refractivity contribution in [3.8, 4) is 5.75 Å². The molecule has 0 aliphatic heterocycles. The third-order valence-electron chi connectivity index (χ3n) is 6.54. The Kier molecular flexibility index (Phi) is 8.71. The smallest absolute Gasteiger partial charge is 0.255 e. The van der Waals surface area contributed by atoms with Gasteiger partial charge in [-0.05, 0) is 103 Å². The summed E-state index contributed by atoms with van der Waals surface area (Å²) in [5.41, 5.74) is 15.2. The zero-order valence-corrected chi connectivity index (χ0v) is 23.7. The number of aromatic hydroxyl groups is 1. The molecule has 0 aliphatic rings. The summed E-state index contributed by atoms with van der Waals surface area (Å²) < 4.78 is 0. The fourth-order valence-corrected chi connectivity index (χ4v) is 4.32. The second-order valence-corrected chi connectivity index (χ2v) is 9.99. The molecule has 0 aliphatic carbocycles. The van der Waals surface area contributed by atoms with Crippen LogP contribution in [0.3, 0.4) is 0 Å². The molecule has 0 saturated carbocycles. The number of nitrogens with one attached hydrogen (secondary N) is 4. The van der Waals surface area contributed by atoms with Gasteiger partial charge in [0.15, 0.2) is 0 Å². The number of hydrogen-bond donors (Lipinski definition) is 7. The molecule has 0 aromatic heterocycles. The minimum atomic E-state index is -0.559. The van der Waals surface area contributed by atoms with E-state index < -0.39 is 11.8 Å². The number of rotatable bonds is 8. The Morgan fingerprint density at radius 1 is 0.422 bits per heavy atom. The number of nitrogen functional groups attached to an aromatic ring is 2. The van der Waals surface area contributed by atoms with Crippen molar-refractivity contribution >= 4 is 57.8 Å². The first-order valence-corrected chi connectivity index (χ1v) is 13.6. The molecule has 0 radical (unpaired) electrons. The van der Waals surface area contributed by atoms with E-state index in [0.717, 1.165) is 0 Å². The second kappa shape index (κ2) is 13.1. The summed E-state index contributed by atoms with van der Waals surface area (Å²) in [7, 11) is 0. The van der Waals surface area contributed by atoms with Gasteiger partial charge in [0.1, 0.15) is 5.75 Å². The van der Waals surface area contributed by atoms with Crippen molar-refractivity contribution in [1.82, 2.24) is 0 Å². The van der Waals surface area contributed by atoms with E-state index in [2.05, 4.69) is 21.3 Å². The number of benzene rings is 5. The first-order chi connectivity index (χ1) is 21.6. The summed E-state index contributed by atoms with van der Waals surface area (Å²) in [6.45, 7) is 0. The van der Waals surface area contributed by atoms with Gasteiger partial charge in [-0.2, -0.15) is 0 Å². The molecule has 0 heterocycles. The normalized spacial score (nSPS) is 10.4. The molecule has 0 atom stereocenters. The van der Waals surface area contributed by atoms with E-state index in [1.165, 1.54) is 18.2 Å². The van der Waals surface area contributed by atoms with Crippen LogP contribution in [0.5, 0.6) is 5.75 Å². The molecule has 5 aromatic rings. The third kappa shape index (κ3) is 7.81. The van der Waals surface area contributed by atoms with Gasteiger partial charge in [-0.25, -0.2) is 0 Å². The van der Waals surface area contributed by atoms with Crippen molar-refractivity contribution in [2.75, 3.05) is 32.7 Å². The Labute approximate surface area is 257 Å². The predicted octanol–water partition coefficient (Wildman–Crippen LogP) is 5.57.